The van der Waals surface area contributed by atoms with Gasteiger partial charge in [-0.05, 0) is 31.2 Å². The van der Waals surface area contributed by atoms with Gasteiger partial charge >= 0.3 is 0 Å². The summed E-state index contributed by atoms with van der Waals surface area (Å²) in [7, 11) is 1.64. The van der Waals surface area contributed by atoms with Crippen LogP contribution in [0.2, 0.25) is 0 Å². The number of benzene rings is 1. The predicted molar refractivity (Wildman–Crippen MR) is 88.9 cm³/mol. The van der Waals surface area contributed by atoms with E-state index in [4.69, 9.17) is 13.7 Å². The Kier molecular flexibility index (Phi) is 3.73. The number of nitrogens with zero attached hydrogens (tertiary/aromatic N) is 3. The molecule has 0 aliphatic rings. The summed E-state index contributed by atoms with van der Waals surface area (Å²) in [6, 6.07) is 9.29. The van der Waals surface area contributed by atoms with E-state index in [9.17, 15) is 0 Å². The molecule has 0 unspecified atom stereocenters. The Balaban J connectivity index is 1.54. The number of rotatable bonds is 5. The highest BCUT2D eigenvalue weighted by atomic mass is 32.2. The maximum atomic E-state index is 5.33. The van der Waals surface area contributed by atoms with Crippen molar-refractivity contribution in [3.05, 3.63) is 42.5 Å². The van der Waals surface area contributed by atoms with Gasteiger partial charge in [-0.1, -0.05) is 16.9 Å². The molecule has 8 heteroatoms. The molecule has 0 fully saturated rings. The first-order valence-electron chi connectivity index (χ1n) is 7.31. The molecule has 0 radical (unpaired) electrons. The normalized spacial score (nSPS) is 12.6. The number of thioether (sulfide) groups is 1. The second kappa shape index (κ2) is 6.04. The zero-order valence-corrected chi connectivity index (χ0v) is 13.8. The number of aromatic nitrogens is 4. The van der Waals surface area contributed by atoms with Gasteiger partial charge in [-0.25, -0.2) is 4.98 Å². The number of furan rings is 1. The average Bonchev–Trinajstić information content (AvgIpc) is 3.32. The molecule has 3 aromatic heterocycles. The van der Waals surface area contributed by atoms with Crippen LogP contribution in [0.15, 0.2) is 50.7 Å². The molecule has 1 atom stereocenters. The van der Waals surface area contributed by atoms with Crippen molar-refractivity contribution in [2.24, 2.45) is 0 Å². The Hall–Kier alpha value is -2.74. The molecule has 122 valence electrons. The van der Waals surface area contributed by atoms with Crippen LogP contribution in [0.25, 0.3) is 22.6 Å². The minimum Gasteiger partial charge on any atom is -0.497 e. The van der Waals surface area contributed by atoms with E-state index >= 15 is 0 Å². The Labute approximate surface area is 141 Å². The van der Waals surface area contributed by atoms with Crippen LogP contribution in [0, 0.1) is 0 Å². The molecule has 0 amide bonds. The highest BCUT2D eigenvalue weighted by Crippen LogP contribution is 2.34. The minimum atomic E-state index is -0.0522. The predicted octanol–water partition coefficient (Wildman–Crippen LogP) is 4.07. The number of fused-ring (bicyclic) bond motifs is 1. The molecule has 0 saturated heterocycles. The van der Waals surface area contributed by atoms with Crippen molar-refractivity contribution in [2.45, 2.75) is 17.3 Å². The first-order valence-corrected chi connectivity index (χ1v) is 8.19. The van der Waals surface area contributed by atoms with Crippen LogP contribution >= 0.6 is 11.8 Å². The molecule has 1 aromatic carbocycles. The minimum absolute atomic E-state index is 0.0522. The third kappa shape index (κ3) is 2.76. The topological polar surface area (TPSA) is 90.0 Å². The van der Waals surface area contributed by atoms with Crippen molar-refractivity contribution in [1.82, 2.24) is 20.1 Å². The van der Waals surface area contributed by atoms with Gasteiger partial charge in [-0.3, -0.25) is 0 Å². The molecular weight excluding hydrogens is 328 g/mol. The lowest BCUT2D eigenvalue weighted by Gasteiger charge is -2.02. The summed E-state index contributed by atoms with van der Waals surface area (Å²) in [5.41, 5.74) is 1.80. The molecule has 0 aliphatic carbocycles. The quantitative estimate of drug-likeness (QED) is 0.547. The lowest BCUT2D eigenvalue weighted by atomic mass is 10.3. The first kappa shape index (κ1) is 14.8. The number of nitrogens with one attached hydrogen (secondary N) is 1. The monoisotopic (exact) mass is 342 g/mol. The number of ether oxygens (including phenoxy) is 1. The maximum absolute atomic E-state index is 5.33. The molecule has 0 saturated carbocycles. The first-order chi connectivity index (χ1) is 11.7. The van der Waals surface area contributed by atoms with Gasteiger partial charge < -0.3 is 18.7 Å². The molecular formula is C16H14N4O3S. The summed E-state index contributed by atoms with van der Waals surface area (Å²) in [4.78, 5) is 12.2. The summed E-state index contributed by atoms with van der Waals surface area (Å²) in [6.07, 6.45) is 1.58. The highest BCUT2D eigenvalue weighted by Gasteiger charge is 2.19. The molecule has 1 N–H and O–H groups in total. The van der Waals surface area contributed by atoms with Crippen LogP contribution in [0.4, 0.5) is 0 Å². The van der Waals surface area contributed by atoms with Crippen molar-refractivity contribution in [2.75, 3.05) is 7.11 Å². The lowest BCUT2D eigenvalue weighted by Crippen LogP contribution is -1.89. The van der Waals surface area contributed by atoms with Gasteiger partial charge in [0.1, 0.15) is 5.75 Å². The third-order valence-corrected chi connectivity index (χ3v) is 4.46. The Bertz CT molecular complexity index is 961. The van der Waals surface area contributed by atoms with E-state index in [-0.39, 0.29) is 5.25 Å². The summed E-state index contributed by atoms with van der Waals surface area (Å²) >= 11 is 1.51. The standard InChI is InChI=1S/C16H14N4O3S/c1-9(15-19-14(20-23-15)13-4-3-7-22-13)24-16-17-11-6-5-10(21-2)8-12(11)18-16/h3-9H,1-2H3,(H,17,18)/t9-/m0/s1. The fourth-order valence-electron chi connectivity index (χ4n) is 2.27. The van der Waals surface area contributed by atoms with Crippen LogP contribution in [-0.2, 0) is 0 Å². The maximum Gasteiger partial charge on any atom is 0.240 e. The second-order valence-corrected chi connectivity index (χ2v) is 6.45. The summed E-state index contributed by atoms with van der Waals surface area (Å²) in [6.45, 7) is 1.98. The summed E-state index contributed by atoms with van der Waals surface area (Å²) in [5, 5.41) is 4.68. The van der Waals surface area contributed by atoms with Gasteiger partial charge in [0.2, 0.25) is 11.7 Å². The van der Waals surface area contributed by atoms with E-state index < -0.39 is 0 Å². The highest BCUT2D eigenvalue weighted by molar-refractivity contribution is 7.99. The van der Waals surface area contributed by atoms with Crippen LogP contribution < -0.4 is 4.74 Å². The van der Waals surface area contributed by atoms with Crippen molar-refractivity contribution < 1.29 is 13.7 Å². The van der Waals surface area contributed by atoms with Gasteiger partial charge in [0.05, 0.1) is 29.7 Å². The number of hydrogen-bond donors (Lipinski definition) is 1. The van der Waals surface area contributed by atoms with Crippen molar-refractivity contribution in [3.63, 3.8) is 0 Å². The lowest BCUT2D eigenvalue weighted by molar-refractivity contribution is 0.379. The molecule has 0 spiro atoms. The number of imidazole rings is 1. The number of hydrogen-bond acceptors (Lipinski definition) is 7. The van der Waals surface area contributed by atoms with E-state index in [2.05, 4.69) is 20.1 Å². The Morgan fingerprint density at radius 3 is 2.96 bits per heavy atom. The van der Waals surface area contributed by atoms with Gasteiger partial charge in [0.25, 0.3) is 0 Å². The van der Waals surface area contributed by atoms with Gasteiger partial charge in [-0.2, -0.15) is 4.98 Å². The smallest absolute Gasteiger partial charge is 0.240 e. The van der Waals surface area contributed by atoms with Gasteiger partial charge in [0, 0.05) is 6.07 Å². The largest absolute Gasteiger partial charge is 0.497 e. The van der Waals surface area contributed by atoms with Gasteiger partial charge in [0.15, 0.2) is 10.9 Å². The van der Waals surface area contributed by atoms with Crippen molar-refractivity contribution in [1.29, 1.82) is 0 Å². The molecule has 4 rings (SSSR count). The fraction of sp³-hybridized carbons (Fsp3) is 0.188. The molecule has 0 bridgehead atoms. The average molecular weight is 342 g/mol. The number of aromatic amines is 1. The molecule has 0 aliphatic heterocycles. The Morgan fingerprint density at radius 2 is 2.17 bits per heavy atom. The molecule has 4 aromatic rings. The van der Waals surface area contributed by atoms with Gasteiger partial charge in [-0.15, -0.1) is 0 Å². The molecule has 24 heavy (non-hydrogen) atoms. The van der Waals surface area contributed by atoms with Crippen LogP contribution in [-0.4, -0.2) is 27.2 Å². The Morgan fingerprint density at radius 1 is 1.25 bits per heavy atom. The molecule has 7 nitrogen and oxygen atoms in total. The van der Waals surface area contributed by atoms with E-state index in [1.807, 2.05) is 25.1 Å². The van der Waals surface area contributed by atoms with Crippen molar-refractivity contribution >= 4 is 22.8 Å². The van der Waals surface area contributed by atoms with Crippen LogP contribution in [0.5, 0.6) is 5.75 Å². The second-order valence-electron chi connectivity index (χ2n) is 5.12. The zero-order chi connectivity index (χ0) is 16.5. The fourth-order valence-corrected chi connectivity index (χ4v) is 3.12. The summed E-state index contributed by atoms with van der Waals surface area (Å²) in [5.74, 6) is 2.33. The summed E-state index contributed by atoms with van der Waals surface area (Å²) < 4.78 is 15.8. The molecule has 3 heterocycles. The zero-order valence-electron chi connectivity index (χ0n) is 13.0. The SMILES string of the molecule is COc1ccc2nc(S[C@@H](C)c3nc(-c4ccco4)no3)[nH]c2c1. The van der Waals surface area contributed by atoms with E-state index in [0.29, 0.717) is 17.5 Å². The third-order valence-electron chi connectivity index (χ3n) is 3.49. The van der Waals surface area contributed by atoms with Crippen LogP contribution in [0.3, 0.4) is 0 Å². The van der Waals surface area contributed by atoms with E-state index in [1.165, 1.54) is 11.8 Å². The van der Waals surface area contributed by atoms with Crippen LogP contribution in [0.1, 0.15) is 18.1 Å². The number of H-pyrrole nitrogens is 1. The van der Waals surface area contributed by atoms with E-state index in [1.54, 1.807) is 25.5 Å². The van der Waals surface area contributed by atoms with E-state index in [0.717, 1.165) is 21.9 Å². The number of methoxy groups -OCH3 is 1. The van der Waals surface area contributed by atoms with Crippen molar-refractivity contribution in [3.8, 4) is 17.3 Å².